The molecule has 0 radical (unpaired) electrons. The maximum Gasteiger partial charge on any atom is 0.338 e. The van der Waals surface area contributed by atoms with E-state index < -0.39 is 36.5 Å². The van der Waals surface area contributed by atoms with Gasteiger partial charge >= 0.3 is 17.9 Å². The van der Waals surface area contributed by atoms with Crippen molar-refractivity contribution >= 4 is 40.9 Å². The summed E-state index contributed by atoms with van der Waals surface area (Å²) in [6, 6.07) is 16.8. The Labute approximate surface area is 254 Å². The molecule has 1 amide bonds. The second-order valence-electron chi connectivity index (χ2n) is 9.59. The highest BCUT2D eigenvalue weighted by Gasteiger charge is 2.23. The zero-order valence-corrected chi connectivity index (χ0v) is 24.3. The van der Waals surface area contributed by atoms with E-state index in [0.717, 1.165) is 5.56 Å². The number of aryl methyl sites for hydroxylation is 1. The van der Waals surface area contributed by atoms with Crippen LogP contribution in [0.5, 0.6) is 5.75 Å². The molecule has 0 aliphatic rings. The molecule has 0 saturated carbocycles. The van der Waals surface area contributed by atoms with E-state index in [-0.39, 0.29) is 39.5 Å². The minimum Gasteiger partial charge on any atom is -0.462 e. The minimum atomic E-state index is -1.06. The molecule has 0 aliphatic carbocycles. The van der Waals surface area contributed by atoms with Gasteiger partial charge in [-0.2, -0.15) is 0 Å². The summed E-state index contributed by atoms with van der Waals surface area (Å²) in [7, 11) is 0. The van der Waals surface area contributed by atoms with E-state index in [9.17, 15) is 19.2 Å². The van der Waals surface area contributed by atoms with Gasteiger partial charge in [0.25, 0.3) is 0 Å². The molecular weight excluding hydrogens is 572 g/mol. The third-order valence-corrected chi connectivity index (χ3v) is 6.05. The van der Waals surface area contributed by atoms with Gasteiger partial charge in [-0.3, -0.25) is 4.79 Å². The molecule has 3 aromatic carbocycles. The third-order valence-electron chi connectivity index (χ3n) is 6.05. The third kappa shape index (κ3) is 11.6. The molecule has 0 bridgehead atoms. The first kappa shape index (κ1) is 33.4. The SMILES string of the molecule is Cc1ccc(CC(NC(=O)COCCOC(=O)c2ccc(N)cc2)C(=O)OCCOCC(=O)Oc2ccc(N)cc2)cc1N. The number of benzene rings is 3. The first-order valence-electron chi connectivity index (χ1n) is 13.7. The molecule has 0 aliphatic heterocycles. The lowest BCUT2D eigenvalue weighted by Gasteiger charge is -2.18. The number of nitrogens with two attached hydrogens (primary N) is 3. The highest BCUT2D eigenvalue weighted by Crippen LogP contribution is 2.15. The summed E-state index contributed by atoms with van der Waals surface area (Å²) >= 11 is 0. The van der Waals surface area contributed by atoms with Gasteiger partial charge in [-0.15, -0.1) is 0 Å². The van der Waals surface area contributed by atoms with Crippen LogP contribution in [0.15, 0.2) is 66.7 Å². The van der Waals surface area contributed by atoms with Crippen LogP contribution in [-0.2, 0) is 39.8 Å². The van der Waals surface area contributed by atoms with Crippen LogP contribution in [0, 0.1) is 6.92 Å². The van der Waals surface area contributed by atoms with Crippen LogP contribution < -0.4 is 27.3 Å². The Balaban J connectivity index is 1.43. The predicted octanol–water partition coefficient (Wildman–Crippen LogP) is 1.81. The zero-order chi connectivity index (χ0) is 31.9. The average molecular weight is 609 g/mol. The summed E-state index contributed by atoms with van der Waals surface area (Å²) in [4.78, 5) is 49.4. The first-order chi connectivity index (χ1) is 21.1. The van der Waals surface area contributed by atoms with E-state index in [4.69, 9.17) is 40.9 Å². The number of anilines is 3. The smallest absolute Gasteiger partial charge is 0.338 e. The molecule has 0 aromatic heterocycles. The Morgan fingerprint density at radius 2 is 1.36 bits per heavy atom. The fourth-order valence-electron chi connectivity index (χ4n) is 3.70. The molecule has 13 nitrogen and oxygen atoms in total. The van der Waals surface area contributed by atoms with Crippen molar-refractivity contribution in [3.63, 3.8) is 0 Å². The van der Waals surface area contributed by atoms with E-state index in [1.807, 2.05) is 6.92 Å². The summed E-state index contributed by atoms with van der Waals surface area (Å²) < 4.78 is 26.0. The zero-order valence-electron chi connectivity index (χ0n) is 24.3. The van der Waals surface area contributed by atoms with Gasteiger partial charge in [-0.25, -0.2) is 14.4 Å². The number of esters is 3. The van der Waals surface area contributed by atoms with Gasteiger partial charge in [0.15, 0.2) is 0 Å². The lowest BCUT2D eigenvalue weighted by molar-refractivity contribution is -0.150. The summed E-state index contributed by atoms with van der Waals surface area (Å²) in [5.41, 5.74) is 20.7. The first-order valence-corrected chi connectivity index (χ1v) is 13.7. The Morgan fingerprint density at radius 1 is 0.750 bits per heavy atom. The number of carbonyl (C=O) groups is 4. The maximum absolute atomic E-state index is 12.9. The molecule has 0 saturated heterocycles. The summed E-state index contributed by atoms with van der Waals surface area (Å²) in [6.07, 6.45) is 0.100. The van der Waals surface area contributed by atoms with Crippen molar-refractivity contribution in [3.05, 3.63) is 83.4 Å². The Kier molecular flexibility index (Phi) is 13.0. The van der Waals surface area contributed by atoms with E-state index in [1.54, 1.807) is 54.6 Å². The van der Waals surface area contributed by atoms with Crippen LogP contribution in [0.4, 0.5) is 17.1 Å². The molecule has 1 unspecified atom stereocenters. The largest absolute Gasteiger partial charge is 0.462 e. The van der Waals surface area contributed by atoms with Gasteiger partial charge in [0.2, 0.25) is 5.91 Å². The Morgan fingerprint density at radius 3 is 2.02 bits per heavy atom. The van der Waals surface area contributed by atoms with Crippen molar-refractivity contribution < 1.29 is 42.9 Å². The summed E-state index contributed by atoms with van der Waals surface area (Å²) in [5, 5.41) is 2.60. The number of hydrogen-bond donors (Lipinski definition) is 4. The van der Waals surface area contributed by atoms with Crippen molar-refractivity contribution in [1.29, 1.82) is 0 Å². The van der Waals surface area contributed by atoms with E-state index in [1.165, 1.54) is 12.1 Å². The van der Waals surface area contributed by atoms with Crippen molar-refractivity contribution in [2.75, 3.05) is 56.8 Å². The van der Waals surface area contributed by atoms with Crippen LogP contribution in [-0.4, -0.2) is 69.5 Å². The molecule has 0 fully saturated rings. The Bertz CT molecular complexity index is 1410. The molecule has 0 heterocycles. The molecule has 7 N–H and O–H groups in total. The van der Waals surface area contributed by atoms with Crippen LogP contribution >= 0.6 is 0 Å². The highest BCUT2D eigenvalue weighted by molar-refractivity contribution is 5.89. The summed E-state index contributed by atoms with van der Waals surface area (Å²) in [5.74, 6) is -2.18. The minimum absolute atomic E-state index is 0.0458. The number of carbonyl (C=O) groups excluding carboxylic acids is 4. The second-order valence-corrected chi connectivity index (χ2v) is 9.59. The number of nitrogen functional groups attached to an aromatic ring is 3. The van der Waals surface area contributed by atoms with Gasteiger partial charge in [-0.1, -0.05) is 12.1 Å². The molecule has 1 atom stereocenters. The lowest BCUT2D eigenvalue weighted by atomic mass is 10.0. The average Bonchev–Trinajstić information content (AvgIpc) is 2.99. The number of ether oxygens (including phenoxy) is 5. The van der Waals surface area contributed by atoms with Gasteiger partial charge < -0.3 is 46.2 Å². The van der Waals surface area contributed by atoms with Crippen LogP contribution in [0.2, 0.25) is 0 Å². The fourth-order valence-corrected chi connectivity index (χ4v) is 3.70. The topological polar surface area (TPSA) is 205 Å². The van der Waals surface area contributed by atoms with E-state index in [2.05, 4.69) is 5.32 Å². The number of nitrogens with one attached hydrogen (secondary N) is 1. The van der Waals surface area contributed by atoms with Crippen molar-refractivity contribution in [1.82, 2.24) is 5.32 Å². The van der Waals surface area contributed by atoms with Crippen LogP contribution in [0.25, 0.3) is 0 Å². The molecule has 13 heteroatoms. The standard InChI is InChI=1S/C31H36N4O9/c1-20-2-3-21(16-26(20)34)17-27(31(39)43-15-13-41-19-29(37)44-25-10-8-24(33)9-11-25)35-28(36)18-40-12-14-42-30(38)22-4-6-23(32)7-5-22/h2-11,16,27H,12-15,17-19,32-34H2,1H3,(H,35,36). The van der Waals surface area contributed by atoms with Gasteiger partial charge in [0.1, 0.15) is 38.2 Å². The molecule has 3 rings (SSSR count). The molecule has 44 heavy (non-hydrogen) atoms. The second kappa shape index (κ2) is 17.1. The maximum atomic E-state index is 12.9. The molecular formula is C31H36N4O9. The van der Waals surface area contributed by atoms with Crippen LogP contribution in [0.1, 0.15) is 21.5 Å². The highest BCUT2D eigenvalue weighted by atomic mass is 16.6. The number of amides is 1. The van der Waals surface area contributed by atoms with Crippen molar-refractivity contribution in [3.8, 4) is 5.75 Å². The fraction of sp³-hybridized carbons (Fsp3) is 0.290. The number of hydrogen-bond acceptors (Lipinski definition) is 12. The molecule has 0 spiro atoms. The Hall–Kier alpha value is -5.14. The summed E-state index contributed by atoms with van der Waals surface area (Å²) in [6.45, 7) is 0.706. The normalized spacial score (nSPS) is 11.3. The van der Waals surface area contributed by atoms with Crippen molar-refractivity contribution in [2.24, 2.45) is 0 Å². The van der Waals surface area contributed by atoms with Gasteiger partial charge in [0.05, 0.1) is 18.8 Å². The van der Waals surface area contributed by atoms with Gasteiger partial charge in [0, 0.05) is 23.5 Å². The van der Waals surface area contributed by atoms with E-state index >= 15 is 0 Å². The van der Waals surface area contributed by atoms with Crippen molar-refractivity contribution in [2.45, 2.75) is 19.4 Å². The molecule has 3 aromatic rings. The quantitative estimate of drug-likeness (QED) is 0.0795. The van der Waals surface area contributed by atoms with Gasteiger partial charge in [-0.05, 0) is 72.6 Å². The molecule has 234 valence electrons. The lowest BCUT2D eigenvalue weighted by Crippen LogP contribution is -2.45. The predicted molar refractivity (Wildman–Crippen MR) is 161 cm³/mol. The number of rotatable bonds is 16. The monoisotopic (exact) mass is 608 g/mol. The van der Waals surface area contributed by atoms with E-state index in [0.29, 0.717) is 33.9 Å². The van der Waals surface area contributed by atoms with Crippen LogP contribution in [0.3, 0.4) is 0 Å².